The Labute approximate surface area is 149 Å². The molecular formula is C19H18N2O2Se. The molecule has 1 N–H and O–H groups in total. The van der Waals surface area contributed by atoms with Gasteiger partial charge in [-0.2, -0.15) is 0 Å². The minimum absolute atomic E-state index is 0.0183. The summed E-state index contributed by atoms with van der Waals surface area (Å²) < 4.78 is 0.806. The number of hydrogen-bond donors (Lipinski definition) is 1. The zero-order chi connectivity index (χ0) is 17.1. The van der Waals surface area contributed by atoms with Crippen molar-refractivity contribution in [2.45, 2.75) is 6.42 Å². The van der Waals surface area contributed by atoms with Crippen LogP contribution in [0, 0.1) is 0 Å². The van der Waals surface area contributed by atoms with Gasteiger partial charge in [-0.05, 0) is 0 Å². The van der Waals surface area contributed by atoms with Gasteiger partial charge in [0, 0.05) is 0 Å². The number of nitrogens with zero attached hydrogens (tertiary/aromatic N) is 2. The van der Waals surface area contributed by atoms with Gasteiger partial charge >= 0.3 is 149 Å². The van der Waals surface area contributed by atoms with Crippen LogP contribution in [-0.4, -0.2) is 54.6 Å². The number of phenolic OH excluding ortho intramolecular Hbond substituents is 1. The number of aromatic hydroxyl groups is 1. The molecule has 1 aliphatic rings. The van der Waals surface area contributed by atoms with E-state index in [9.17, 15) is 9.90 Å². The molecule has 0 spiro atoms. The summed E-state index contributed by atoms with van der Waals surface area (Å²) in [6.07, 6.45) is 2.64. The van der Waals surface area contributed by atoms with Gasteiger partial charge in [-0.1, -0.05) is 0 Å². The van der Waals surface area contributed by atoms with Gasteiger partial charge in [0.05, 0.1) is 0 Å². The molecule has 1 heterocycles. The number of amides is 1. The molecule has 1 fully saturated rings. The summed E-state index contributed by atoms with van der Waals surface area (Å²) in [6.45, 7) is 0.627. The van der Waals surface area contributed by atoms with Crippen LogP contribution in [-0.2, 0) is 11.2 Å². The van der Waals surface area contributed by atoms with Gasteiger partial charge < -0.3 is 0 Å². The first-order valence-electron chi connectivity index (χ1n) is 7.70. The van der Waals surface area contributed by atoms with Gasteiger partial charge in [0.2, 0.25) is 0 Å². The summed E-state index contributed by atoms with van der Waals surface area (Å²) in [7, 11) is 1.87. The van der Waals surface area contributed by atoms with Crippen LogP contribution in [0.2, 0.25) is 0 Å². The summed E-state index contributed by atoms with van der Waals surface area (Å²) >= 11 is 3.00. The van der Waals surface area contributed by atoms with Gasteiger partial charge in [0.1, 0.15) is 0 Å². The molecule has 2 aromatic rings. The summed E-state index contributed by atoms with van der Waals surface area (Å²) in [5.74, 6) is 0.194. The van der Waals surface area contributed by atoms with Gasteiger partial charge in [-0.15, -0.1) is 0 Å². The molecule has 0 saturated carbocycles. The van der Waals surface area contributed by atoms with Crippen molar-refractivity contribution in [3.8, 4) is 5.75 Å². The molecule has 3 rings (SSSR count). The Kier molecular flexibility index (Phi) is 4.84. The molecule has 122 valence electrons. The van der Waals surface area contributed by atoms with Crippen molar-refractivity contribution >= 4 is 32.2 Å². The van der Waals surface area contributed by atoms with Crippen LogP contribution >= 0.6 is 0 Å². The number of rotatable bonds is 4. The molecule has 1 aliphatic heterocycles. The average Bonchev–Trinajstić information content (AvgIpc) is 2.79. The third-order valence-corrected chi connectivity index (χ3v) is 5.04. The van der Waals surface area contributed by atoms with Crippen LogP contribution in [0.5, 0.6) is 5.75 Å². The van der Waals surface area contributed by atoms with E-state index in [1.165, 1.54) is 5.56 Å². The van der Waals surface area contributed by atoms with Crippen molar-refractivity contribution in [1.82, 2.24) is 9.80 Å². The van der Waals surface area contributed by atoms with E-state index in [1.807, 2.05) is 36.2 Å². The molecule has 0 atom stereocenters. The van der Waals surface area contributed by atoms with E-state index in [4.69, 9.17) is 0 Å². The quantitative estimate of drug-likeness (QED) is 0.647. The normalized spacial score (nSPS) is 16.3. The Morgan fingerprint density at radius 2 is 1.75 bits per heavy atom. The fourth-order valence-corrected chi connectivity index (χ4v) is 3.19. The molecule has 0 aliphatic carbocycles. The summed E-state index contributed by atoms with van der Waals surface area (Å²) in [4.78, 5) is 16.4. The van der Waals surface area contributed by atoms with Crippen LogP contribution in [0.1, 0.15) is 11.1 Å². The second-order valence-corrected chi connectivity index (χ2v) is 6.42. The van der Waals surface area contributed by atoms with Crippen LogP contribution in [0.15, 0.2) is 60.3 Å². The van der Waals surface area contributed by atoms with Gasteiger partial charge in [-0.3, -0.25) is 0 Å². The molecule has 5 heteroatoms. The Morgan fingerprint density at radius 3 is 2.42 bits per heavy atom. The van der Waals surface area contributed by atoms with Crippen molar-refractivity contribution in [3.63, 3.8) is 0 Å². The van der Waals surface area contributed by atoms with Crippen LogP contribution in [0.25, 0.3) is 6.08 Å². The predicted molar refractivity (Wildman–Crippen MR) is 96.5 cm³/mol. The van der Waals surface area contributed by atoms with Crippen molar-refractivity contribution in [2.24, 2.45) is 0 Å². The van der Waals surface area contributed by atoms with Crippen LogP contribution in [0.4, 0.5) is 0 Å². The molecule has 0 radical (unpaired) electrons. The molecule has 2 aromatic carbocycles. The fourth-order valence-electron chi connectivity index (χ4n) is 2.62. The summed E-state index contributed by atoms with van der Waals surface area (Å²) in [5.41, 5.74) is 2.69. The average molecular weight is 385 g/mol. The van der Waals surface area contributed by atoms with Crippen molar-refractivity contribution in [2.75, 3.05) is 13.6 Å². The third kappa shape index (κ3) is 3.42. The number of carbonyl (C=O) groups excluding carboxylic acids is 1. The van der Waals surface area contributed by atoms with E-state index in [1.54, 1.807) is 29.2 Å². The molecule has 1 amide bonds. The molecule has 0 aromatic heterocycles. The minimum atomic E-state index is -0.0183. The van der Waals surface area contributed by atoms with E-state index < -0.39 is 0 Å². The first kappa shape index (κ1) is 16.5. The van der Waals surface area contributed by atoms with E-state index in [2.05, 4.69) is 27.7 Å². The third-order valence-electron chi connectivity index (χ3n) is 4.01. The standard InChI is InChI=1S/C19H18N2O2Se/c1-20-17(13-15-7-9-16(22)10-8-15)18(23)21(19(20)24)12-11-14-5-3-2-4-6-14/h2-10,13,22H,11-12H2,1H3. The molecule has 0 unspecified atom stereocenters. The van der Waals surface area contributed by atoms with E-state index in [0.29, 0.717) is 12.2 Å². The zero-order valence-corrected chi connectivity index (χ0v) is 15.1. The maximum atomic E-state index is 12.7. The Hall–Kier alpha value is -2.36. The fraction of sp³-hybridized carbons (Fsp3) is 0.158. The van der Waals surface area contributed by atoms with Crippen molar-refractivity contribution in [1.29, 1.82) is 0 Å². The Morgan fingerprint density at radius 1 is 1.08 bits per heavy atom. The second-order valence-electron chi connectivity index (χ2n) is 5.66. The molecule has 24 heavy (non-hydrogen) atoms. The Bertz CT molecular complexity index is 785. The zero-order valence-electron chi connectivity index (χ0n) is 13.3. The van der Waals surface area contributed by atoms with Crippen molar-refractivity contribution in [3.05, 3.63) is 71.4 Å². The van der Waals surface area contributed by atoms with E-state index in [-0.39, 0.29) is 11.7 Å². The Balaban J connectivity index is 1.77. The molecule has 1 saturated heterocycles. The van der Waals surface area contributed by atoms with E-state index in [0.717, 1.165) is 16.6 Å². The molecular weight excluding hydrogens is 367 g/mol. The first-order chi connectivity index (χ1) is 11.6. The van der Waals surface area contributed by atoms with Crippen molar-refractivity contribution < 1.29 is 9.90 Å². The number of hydrogen-bond acceptors (Lipinski definition) is 3. The van der Waals surface area contributed by atoms with Crippen LogP contribution < -0.4 is 0 Å². The molecule has 0 bridgehead atoms. The van der Waals surface area contributed by atoms with E-state index >= 15 is 0 Å². The SMILES string of the molecule is CN1C(=[Se])N(CCc2ccccc2)C(=O)C1=Cc1ccc(O)cc1. The number of carbonyl (C=O) groups is 1. The van der Waals surface area contributed by atoms with Gasteiger partial charge in [-0.25, -0.2) is 0 Å². The number of benzene rings is 2. The maximum absolute atomic E-state index is 12.7. The van der Waals surface area contributed by atoms with Crippen LogP contribution in [0.3, 0.4) is 0 Å². The summed E-state index contributed by atoms with van der Waals surface area (Å²) in [5, 5.41) is 9.37. The number of phenols is 1. The predicted octanol–water partition coefficient (Wildman–Crippen LogP) is 2.01. The summed E-state index contributed by atoms with van der Waals surface area (Å²) in [6, 6.07) is 16.9. The first-order valence-corrected chi connectivity index (χ1v) is 8.56. The topological polar surface area (TPSA) is 43.8 Å². The molecule has 4 nitrogen and oxygen atoms in total. The number of likely N-dealkylation sites (N-methyl/N-ethyl adjacent to an activating group) is 1. The van der Waals surface area contributed by atoms with Gasteiger partial charge in [0.15, 0.2) is 0 Å². The van der Waals surface area contributed by atoms with Gasteiger partial charge in [0.25, 0.3) is 0 Å². The second kappa shape index (κ2) is 7.03. The monoisotopic (exact) mass is 386 g/mol.